The zero-order chi connectivity index (χ0) is 13.3. The molecule has 0 saturated heterocycles. The summed E-state index contributed by atoms with van der Waals surface area (Å²) in [4.78, 5) is 10.8. The van der Waals surface area contributed by atoms with Crippen LogP contribution in [0.25, 0.3) is 0 Å². The lowest BCUT2D eigenvalue weighted by Gasteiger charge is -2.21. The highest BCUT2D eigenvalue weighted by atomic mass is 35.5. The van der Waals surface area contributed by atoms with Crippen molar-refractivity contribution in [1.29, 1.82) is 0 Å². The number of carboxylic acid groups (broad SMARTS) is 1. The van der Waals surface area contributed by atoms with Crippen molar-refractivity contribution in [2.75, 3.05) is 13.2 Å². The fourth-order valence-corrected chi connectivity index (χ4v) is 2.01. The van der Waals surface area contributed by atoms with Gasteiger partial charge in [0, 0.05) is 0 Å². The van der Waals surface area contributed by atoms with Crippen LogP contribution in [-0.4, -0.2) is 24.3 Å². The Hall–Kier alpha value is -1.49. The van der Waals surface area contributed by atoms with Crippen LogP contribution in [0.4, 0.5) is 4.39 Å². The molecule has 0 bridgehead atoms. The maximum Gasteiger partial charge on any atom is 0.306 e. The number of hydrogen-bond donors (Lipinski definition) is 1. The third kappa shape index (κ3) is 2.36. The number of ether oxygens (including phenoxy) is 2. The second-order valence-electron chi connectivity index (χ2n) is 4.13. The van der Waals surface area contributed by atoms with E-state index < -0.39 is 17.7 Å². The van der Waals surface area contributed by atoms with Crippen molar-refractivity contribution in [3.63, 3.8) is 0 Å². The summed E-state index contributed by atoms with van der Waals surface area (Å²) in [5.41, 5.74) is 0.221. The Bertz CT molecular complexity index is 489. The summed E-state index contributed by atoms with van der Waals surface area (Å²) < 4.78 is 24.5. The van der Waals surface area contributed by atoms with E-state index in [0.717, 1.165) is 0 Å². The summed E-state index contributed by atoms with van der Waals surface area (Å²) >= 11 is 5.85. The number of hydrogen-bond acceptors (Lipinski definition) is 3. The van der Waals surface area contributed by atoms with Crippen molar-refractivity contribution in [2.45, 2.75) is 13.3 Å². The Morgan fingerprint density at radius 2 is 2.22 bits per heavy atom. The van der Waals surface area contributed by atoms with Gasteiger partial charge < -0.3 is 14.6 Å². The SMILES string of the molecule is CC(Cc1cc2c(c(Cl)c1F)OCCO2)C(=O)O. The lowest BCUT2D eigenvalue weighted by atomic mass is 10.0. The van der Waals surface area contributed by atoms with Gasteiger partial charge in [-0.1, -0.05) is 18.5 Å². The lowest BCUT2D eigenvalue weighted by molar-refractivity contribution is -0.141. The molecule has 18 heavy (non-hydrogen) atoms. The maximum atomic E-state index is 14.0. The zero-order valence-electron chi connectivity index (χ0n) is 9.70. The Labute approximate surface area is 108 Å². The first kappa shape index (κ1) is 13.0. The van der Waals surface area contributed by atoms with Gasteiger partial charge in [0.25, 0.3) is 0 Å². The van der Waals surface area contributed by atoms with Gasteiger partial charge in [0.05, 0.1) is 5.92 Å². The van der Waals surface area contributed by atoms with Crippen LogP contribution in [0.5, 0.6) is 11.5 Å². The van der Waals surface area contributed by atoms with Crippen molar-refractivity contribution in [3.05, 3.63) is 22.5 Å². The summed E-state index contributed by atoms with van der Waals surface area (Å²) in [5.74, 6) is -1.78. The average molecular weight is 275 g/mol. The molecule has 0 saturated carbocycles. The summed E-state index contributed by atoms with van der Waals surface area (Å²) in [5, 5.41) is 8.68. The van der Waals surface area contributed by atoms with E-state index in [0.29, 0.717) is 19.0 Å². The molecule has 1 aliphatic rings. The zero-order valence-corrected chi connectivity index (χ0v) is 10.5. The Morgan fingerprint density at radius 1 is 1.56 bits per heavy atom. The first-order valence-electron chi connectivity index (χ1n) is 5.50. The molecular formula is C12H12ClFO4. The largest absolute Gasteiger partial charge is 0.486 e. The summed E-state index contributed by atoms with van der Waals surface area (Å²) in [6.45, 7) is 2.19. The van der Waals surface area contributed by atoms with Crippen molar-refractivity contribution in [1.82, 2.24) is 0 Å². The van der Waals surface area contributed by atoms with E-state index >= 15 is 0 Å². The van der Waals surface area contributed by atoms with Crippen LogP contribution < -0.4 is 9.47 Å². The molecule has 0 spiro atoms. The van der Waals surface area contributed by atoms with Crippen molar-refractivity contribution in [3.8, 4) is 11.5 Å². The predicted molar refractivity (Wildman–Crippen MR) is 62.9 cm³/mol. The second kappa shape index (κ2) is 5.02. The molecule has 0 fully saturated rings. The normalized spacial score (nSPS) is 15.3. The number of rotatable bonds is 3. The minimum Gasteiger partial charge on any atom is -0.486 e. The van der Waals surface area contributed by atoms with E-state index in [2.05, 4.69) is 0 Å². The minimum atomic E-state index is -0.986. The lowest BCUT2D eigenvalue weighted by Crippen LogP contribution is -2.18. The number of carboxylic acids is 1. The van der Waals surface area contributed by atoms with Crippen LogP contribution in [0, 0.1) is 11.7 Å². The van der Waals surface area contributed by atoms with E-state index in [9.17, 15) is 9.18 Å². The van der Waals surface area contributed by atoms with Gasteiger partial charge >= 0.3 is 5.97 Å². The van der Waals surface area contributed by atoms with E-state index in [1.807, 2.05) is 0 Å². The average Bonchev–Trinajstić information content (AvgIpc) is 2.35. The molecule has 0 radical (unpaired) electrons. The van der Waals surface area contributed by atoms with Gasteiger partial charge in [-0.05, 0) is 18.1 Å². The van der Waals surface area contributed by atoms with Crippen LogP contribution in [0.3, 0.4) is 0 Å². The standard InChI is InChI=1S/C12H12ClFO4/c1-6(12(15)16)4-7-5-8-11(9(13)10(7)14)18-3-2-17-8/h5-6H,2-4H2,1H3,(H,15,16). The monoisotopic (exact) mass is 274 g/mol. The van der Waals surface area contributed by atoms with Gasteiger partial charge in [0.1, 0.15) is 24.1 Å². The van der Waals surface area contributed by atoms with Crippen LogP contribution in [0.1, 0.15) is 12.5 Å². The van der Waals surface area contributed by atoms with Gasteiger partial charge in [-0.2, -0.15) is 0 Å². The molecule has 6 heteroatoms. The molecule has 1 aromatic carbocycles. The highest BCUT2D eigenvalue weighted by molar-refractivity contribution is 6.32. The molecule has 2 rings (SSSR count). The number of halogens is 2. The number of aliphatic carboxylic acids is 1. The van der Waals surface area contributed by atoms with E-state index in [1.54, 1.807) is 0 Å². The Morgan fingerprint density at radius 3 is 2.89 bits per heavy atom. The molecule has 1 aliphatic heterocycles. The summed E-state index contributed by atoms with van der Waals surface area (Å²) in [6.07, 6.45) is 0.0531. The second-order valence-corrected chi connectivity index (χ2v) is 4.51. The van der Waals surface area contributed by atoms with Crippen LogP contribution in [0.2, 0.25) is 5.02 Å². The van der Waals surface area contributed by atoms with Crippen LogP contribution in [-0.2, 0) is 11.2 Å². The topological polar surface area (TPSA) is 55.8 Å². The Kier molecular flexibility index (Phi) is 3.61. The van der Waals surface area contributed by atoms with Crippen molar-refractivity contribution >= 4 is 17.6 Å². The van der Waals surface area contributed by atoms with Crippen LogP contribution >= 0.6 is 11.6 Å². The molecule has 1 N–H and O–H groups in total. The van der Waals surface area contributed by atoms with E-state index in [4.69, 9.17) is 26.2 Å². The summed E-state index contributed by atoms with van der Waals surface area (Å²) in [6, 6.07) is 1.45. The molecule has 0 aliphatic carbocycles. The minimum absolute atomic E-state index is 0.0531. The highest BCUT2D eigenvalue weighted by Crippen LogP contribution is 2.41. The van der Waals surface area contributed by atoms with Gasteiger partial charge in [-0.3, -0.25) is 4.79 Å². The fraction of sp³-hybridized carbons (Fsp3) is 0.417. The first-order valence-corrected chi connectivity index (χ1v) is 5.87. The molecular weight excluding hydrogens is 263 g/mol. The quantitative estimate of drug-likeness (QED) is 0.920. The van der Waals surface area contributed by atoms with Crippen molar-refractivity contribution in [2.24, 2.45) is 5.92 Å². The summed E-state index contributed by atoms with van der Waals surface area (Å²) in [7, 11) is 0. The fourth-order valence-electron chi connectivity index (χ4n) is 1.74. The first-order chi connectivity index (χ1) is 8.50. The predicted octanol–water partition coefficient (Wildman–Crippen LogP) is 2.51. The van der Waals surface area contributed by atoms with Gasteiger partial charge in [0.15, 0.2) is 11.5 Å². The van der Waals surface area contributed by atoms with Gasteiger partial charge in [0.2, 0.25) is 0 Å². The number of benzene rings is 1. The molecule has 1 heterocycles. The smallest absolute Gasteiger partial charge is 0.306 e. The Balaban J connectivity index is 2.37. The van der Waals surface area contributed by atoms with Gasteiger partial charge in [-0.25, -0.2) is 4.39 Å². The third-order valence-electron chi connectivity index (χ3n) is 2.74. The van der Waals surface area contributed by atoms with E-state index in [1.165, 1.54) is 13.0 Å². The number of carbonyl (C=O) groups is 1. The van der Waals surface area contributed by atoms with E-state index in [-0.39, 0.29) is 22.8 Å². The third-order valence-corrected chi connectivity index (χ3v) is 3.08. The van der Waals surface area contributed by atoms with Gasteiger partial charge in [-0.15, -0.1) is 0 Å². The maximum absolute atomic E-state index is 14.0. The molecule has 1 unspecified atom stereocenters. The van der Waals surface area contributed by atoms with Crippen molar-refractivity contribution < 1.29 is 23.8 Å². The van der Waals surface area contributed by atoms with Crippen LogP contribution in [0.15, 0.2) is 6.07 Å². The molecule has 1 aromatic rings. The molecule has 0 aromatic heterocycles. The molecule has 1 atom stereocenters. The molecule has 0 amide bonds. The molecule has 98 valence electrons. The molecule has 4 nitrogen and oxygen atoms in total. The number of fused-ring (bicyclic) bond motifs is 1. The highest BCUT2D eigenvalue weighted by Gasteiger charge is 2.24.